The molecule has 0 bridgehead atoms. The Hall–Kier alpha value is -0.940. The fraction of sp³-hybridized carbons (Fsp3) is 0.857. The number of rotatable bonds is 3. The molecule has 3 unspecified atom stereocenters. The highest BCUT2D eigenvalue weighted by atomic mass is 16.2. The maximum atomic E-state index is 11.6. The minimum Gasteiger partial charge on any atom is -0.327 e. The quantitative estimate of drug-likeness (QED) is 0.740. The van der Waals surface area contributed by atoms with E-state index in [1.165, 1.54) is 17.7 Å². The summed E-state index contributed by atoms with van der Waals surface area (Å²) in [5.74, 6) is 1.35. The van der Waals surface area contributed by atoms with Crippen LogP contribution in [0.3, 0.4) is 0 Å². The van der Waals surface area contributed by atoms with Gasteiger partial charge in [0.05, 0.1) is 0 Å². The molecule has 3 fully saturated rings. The lowest BCUT2D eigenvalue weighted by molar-refractivity contribution is -0.138. The van der Waals surface area contributed by atoms with Crippen molar-refractivity contribution in [1.82, 2.24) is 9.80 Å². The largest absolute Gasteiger partial charge is 0.327 e. The fourth-order valence-electron chi connectivity index (χ4n) is 3.91. The first-order chi connectivity index (χ1) is 9.15. The van der Waals surface area contributed by atoms with Crippen LogP contribution in [-0.2, 0) is 9.59 Å². The van der Waals surface area contributed by atoms with E-state index in [1.54, 1.807) is 0 Å². The van der Waals surface area contributed by atoms with Crippen LogP contribution in [0.2, 0.25) is 0 Å². The van der Waals surface area contributed by atoms with E-state index in [1.807, 2.05) is 0 Å². The number of carbonyl (C=O) groups excluding carboxylic acids is 2. The molecular formula is C14H23N3O2. The van der Waals surface area contributed by atoms with Gasteiger partial charge in [-0.1, -0.05) is 6.42 Å². The summed E-state index contributed by atoms with van der Waals surface area (Å²) in [6.45, 7) is 3.51. The summed E-state index contributed by atoms with van der Waals surface area (Å²) in [7, 11) is 0. The van der Waals surface area contributed by atoms with Crippen molar-refractivity contribution in [2.45, 2.75) is 38.1 Å². The van der Waals surface area contributed by atoms with Crippen LogP contribution < -0.4 is 5.73 Å². The number of hydrogen-bond donors (Lipinski definition) is 1. The van der Waals surface area contributed by atoms with Gasteiger partial charge in [0.25, 0.3) is 0 Å². The zero-order valence-electron chi connectivity index (χ0n) is 11.4. The summed E-state index contributed by atoms with van der Waals surface area (Å²) in [6.07, 6.45) is 4.48. The second kappa shape index (κ2) is 5.21. The van der Waals surface area contributed by atoms with Crippen LogP contribution in [-0.4, -0.2) is 53.8 Å². The Labute approximate surface area is 114 Å². The van der Waals surface area contributed by atoms with Gasteiger partial charge < -0.3 is 10.6 Å². The Balaban J connectivity index is 1.52. The van der Waals surface area contributed by atoms with E-state index in [0.29, 0.717) is 31.3 Å². The van der Waals surface area contributed by atoms with Crippen molar-refractivity contribution >= 4 is 11.8 Å². The minimum absolute atomic E-state index is 0.00156. The van der Waals surface area contributed by atoms with Gasteiger partial charge in [0.15, 0.2) is 0 Å². The summed E-state index contributed by atoms with van der Waals surface area (Å²) >= 11 is 0. The van der Waals surface area contributed by atoms with Crippen LogP contribution in [0.15, 0.2) is 0 Å². The average molecular weight is 265 g/mol. The number of nitrogens with two attached hydrogens (primary N) is 1. The molecule has 2 saturated heterocycles. The third-order valence-corrected chi connectivity index (χ3v) is 5.02. The van der Waals surface area contributed by atoms with E-state index in [0.717, 1.165) is 32.0 Å². The highest BCUT2D eigenvalue weighted by molar-refractivity contribution is 6.01. The lowest BCUT2D eigenvalue weighted by atomic mass is 9.78. The van der Waals surface area contributed by atoms with Crippen molar-refractivity contribution in [3.05, 3.63) is 0 Å². The van der Waals surface area contributed by atoms with E-state index in [-0.39, 0.29) is 11.8 Å². The molecule has 3 aliphatic rings. The lowest BCUT2D eigenvalue weighted by Gasteiger charge is -2.29. The molecule has 2 heterocycles. The SMILES string of the molecule is NC1CCCC2CN(CCN3C(=O)CCC3=O)CC12. The maximum absolute atomic E-state index is 11.6. The number of fused-ring (bicyclic) bond motifs is 1. The monoisotopic (exact) mass is 265 g/mol. The first-order valence-corrected chi connectivity index (χ1v) is 7.46. The number of likely N-dealkylation sites (tertiary alicyclic amines) is 2. The van der Waals surface area contributed by atoms with Crippen LogP contribution in [0.4, 0.5) is 0 Å². The second-order valence-corrected chi connectivity index (χ2v) is 6.22. The van der Waals surface area contributed by atoms with Crippen LogP contribution >= 0.6 is 0 Å². The summed E-state index contributed by atoms with van der Waals surface area (Å²) in [5.41, 5.74) is 6.20. The van der Waals surface area contributed by atoms with E-state index in [4.69, 9.17) is 5.73 Å². The molecule has 19 heavy (non-hydrogen) atoms. The van der Waals surface area contributed by atoms with Crippen molar-refractivity contribution in [2.24, 2.45) is 17.6 Å². The predicted molar refractivity (Wildman–Crippen MR) is 71.2 cm³/mol. The summed E-state index contributed by atoms with van der Waals surface area (Å²) in [5, 5.41) is 0. The molecule has 2 amide bonds. The molecule has 0 radical (unpaired) electrons. The average Bonchev–Trinajstić information content (AvgIpc) is 2.93. The van der Waals surface area contributed by atoms with E-state index in [2.05, 4.69) is 4.90 Å². The zero-order valence-corrected chi connectivity index (χ0v) is 11.4. The second-order valence-electron chi connectivity index (χ2n) is 6.22. The number of amides is 2. The standard InChI is InChI=1S/C14H23N3O2/c15-12-3-1-2-10-8-16(9-11(10)12)6-7-17-13(18)4-5-14(17)19/h10-12H,1-9,15H2. The Morgan fingerprint density at radius 3 is 2.47 bits per heavy atom. The highest BCUT2D eigenvalue weighted by Crippen LogP contribution is 2.35. The molecule has 3 rings (SSSR count). The normalized spacial score (nSPS) is 36.1. The molecule has 5 nitrogen and oxygen atoms in total. The van der Waals surface area contributed by atoms with Gasteiger partial charge in [-0.15, -0.1) is 0 Å². The summed E-state index contributed by atoms with van der Waals surface area (Å²) in [4.78, 5) is 26.9. The number of hydrogen-bond acceptors (Lipinski definition) is 4. The van der Waals surface area contributed by atoms with Crippen molar-refractivity contribution in [2.75, 3.05) is 26.2 Å². The van der Waals surface area contributed by atoms with Gasteiger partial charge in [0.1, 0.15) is 0 Å². The first kappa shape index (κ1) is 13.1. The van der Waals surface area contributed by atoms with Gasteiger partial charge in [-0.3, -0.25) is 14.5 Å². The van der Waals surface area contributed by atoms with E-state index < -0.39 is 0 Å². The minimum atomic E-state index is -0.00156. The van der Waals surface area contributed by atoms with Gasteiger partial charge in [-0.2, -0.15) is 0 Å². The molecule has 1 aliphatic carbocycles. The fourth-order valence-corrected chi connectivity index (χ4v) is 3.91. The molecule has 3 atom stereocenters. The number of carbonyl (C=O) groups is 2. The molecule has 2 aliphatic heterocycles. The third-order valence-electron chi connectivity index (χ3n) is 5.02. The smallest absolute Gasteiger partial charge is 0.229 e. The lowest BCUT2D eigenvalue weighted by Crippen LogP contribution is -2.39. The zero-order chi connectivity index (χ0) is 13.4. The number of imide groups is 1. The van der Waals surface area contributed by atoms with Gasteiger partial charge in [0, 0.05) is 45.1 Å². The Morgan fingerprint density at radius 2 is 1.79 bits per heavy atom. The molecular weight excluding hydrogens is 242 g/mol. The van der Waals surface area contributed by atoms with Crippen LogP contribution in [0.5, 0.6) is 0 Å². The van der Waals surface area contributed by atoms with Crippen molar-refractivity contribution < 1.29 is 9.59 Å². The predicted octanol–water partition coefficient (Wildman–Crippen LogP) is 0.195. The van der Waals surface area contributed by atoms with Crippen molar-refractivity contribution in [3.63, 3.8) is 0 Å². The molecule has 1 saturated carbocycles. The Bertz CT molecular complexity index is 369. The maximum Gasteiger partial charge on any atom is 0.229 e. The van der Waals surface area contributed by atoms with Crippen molar-refractivity contribution in [3.8, 4) is 0 Å². The molecule has 106 valence electrons. The molecule has 2 N–H and O–H groups in total. The summed E-state index contributed by atoms with van der Waals surface area (Å²) < 4.78 is 0. The van der Waals surface area contributed by atoms with Gasteiger partial charge >= 0.3 is 0 Å². The van der Waals surface area contributed by atoms with Crippen LogP contribution in [0, 0.1) is 11.8 Å². The molecule has 0 aromatic carbocycles. The molecule has 5 heteroatoms. The Kier molecular flexibility index (Phi) is 3.58. The third kappa shape index (κ3) is 2.54. The molecule has 0 spiro atoms. The van der Waals surface area contributed by atoms with Crippen molar-refractivity contribution in [1.29, 1.82) is 0 Å². The first-order valence-electron chi connectivity index (χ1n) is 7.46. The van der Waals surface area contributed by atoms with Crippen LogP contribution in [0.1, 0.15) is 32.1 Å². The van der Waals surface area contributed by atoms with E-state index in [9.17, 15) is 9.59 Å². The Morgan fingerprint density at radius 1 is 1.05 bits per heavy atom. The van der Waals surface area contributed by atoms with Gasteiger partial charge in [0.2, 0.25) is 11.8 Å². The molecule has 0 aromatic rings. The topological polar surface area (TPSA) is 66.6 Å². The van der Waals surface area contributed by atoms with Gasteiger partial charge in [-0.25, -0.2) is 0 Å². The van der Waals surface area contributed by atoms with Crippen LogP contribution in [0.25, 0.3) is 0 Å². The number of nitrogens with zero attached hydrogens (tertiary/aromatic N) is 2. The summed E-state index contributed by atoms with van der Waals surface area (Å²) in [6, 6.07) is 0.346. The molecule has 0 aromatic heterocycles. The highest BCUT2D eigenvalue weighted by Gasteiger charge is 2.39. The van der Waals surface area contributed by atoms with E-state index >= 15 is 0 Å². The van der Waals surface area contributed by atoms with Gasteiger partial charge in [-0.05, 0) is 24.7 Å².